The molecule has 0 radical (unpaired) electrons. The Labute approximate surface area is 849 Å². The molecule has 0 unspecified atom stereocenters. The van der Waals surface area contributed by atoms with Gasteiger partial charge in [0, 0.05) is 107 Å². The summed E-state index contributed by atoms with van der Waals surface area (Å²) in [5.41, 5.74) is 33.8. The summed E-state index contributed by atoms with van der Waals surface area (Å²) in [4.78, 5) is 105. The van der Waals surface area contributed by atoms with Gasteiger partial charge in [-0.1, -0.05) is 72.8 Å². The minimum absolute atomic E-state index is 0.416. The first-order chi connectivity index (χ1) is 72.0. The molecule has 1 N–H and O–H groups in total. The minimum atomic E-state index is 0.416. The second kappa shape index (κ2) is 41.4. The van der Waals surface area contributed by atoms with Crippen LogP contribution in [0.5, 0.6) is 0 Å². The molecule has 28 rings (SSSR count). The van der Waals surface area contributed by atoms with E-state index in [0.29, 0.717) is 12.1 Å². The van der Waals surface area contributed by atoms with Crippen LogP contribution in [-0.2, 0) is 19.3 Å². The summed E-state index contributed by atoms with van der Waals surface area (Å²) in [5.74, 6) is 2.86. The summed E-state index contributed by atoms with van der Waals surface area (Å²) in [6.07, 6.45) is 17.1. The Morgan fingerprint density at radius 1 is 0.265 bits per heavy atom. The molecule has 0 saturated carbocycles. The molecule has 18 aromatic heterocycles. The van der Waals surface area contributed by atoms with Gasteiger partial charge in [-0.15, -0.1) is 0 Å². The largest absolute Gasteiger partial charge is 0.352 e. The number of anilines is 3. The van der Waals surface area contributed by atoms with Gasteiger partial charge in [-0.3, -0.25) is 26.4 Å². The predicted molar refractivity (Wildman–Crippen MR) is 590 cm³/mol. The number of pyridine rings is 6. The average molecular weight is 1950 g/mol. The molecule has 742 valence electrons. The van der Waals surface area contributed by atoms with Crippen LogP contribution >= 0.6 is 0 Å². The maximum Gasteiger partial charge on any atom is 0.183 e. The maximum atomic E-state index is 4.95. The lowest BCUT2D eigenvalue weighted by molar-refractivity contribution is 0.312. The number of benzene rings is 6. The number of imidazole rings is 6. The van der Waals surface area contributed by atoms with E-state index in [1.165, 1.54) is 25.9 Å². The Bertz CT molecular complexity index is 8970. The molecule has 0 bridgehead atoms. The molecule has 0 amide bonds. The highest BCUT2D eigenvalue weighted by molar-refractivity contribution is 5.97. The van der Waals surface area contributed by atoms with Gasteiger partial charge in [-0.2, -0.15) is 0 Å². The van der Waals surface area contributed by atoms with Crippen LogP contribution in [-0.4, -0.2) is 293 Å². The molecular formula is C114H121N33. The third-order valence-corrected chi connectivity index (χ3v) is 28.3. The topological polar surface area (TPSA) is 296 Å². The Morgan fingerprint density at radius 3 is 0.918 bits per heavy atom. The maximum absolute atomic E-state index is 4.95. The van der Waals surface area contributed by atoms with E-state index in [4.69, 9.17) is 69.8 Å². The molecule has 33 heteroatoms. The lowest BCUT2D eigenvalue weighted by Crippen LogP contribution is -2.54. The molecule has 4 saturated heterocycles. The smallest absolute Gasteiger partial charge is 0.183 e. The van der Waals surface area contributed by atoms with Crippen molar-refractivity contribution in [3.8, 4) is 0 Å². The number of likely N-dealkylation sites (tertiary alicyclic amines) is 1. The number of likely N-dealkylation sites (N-methyl/N-ethyl adjacent to an activating group) is 2. The first-order valence-electron chi connectivity index (χ1n) is 51.5. The minimum Gasteiger partial charge on any atom is -0.352 e. The van der Waals surface area contributed by atoms with Gasteiger partial charge in [0.1, 0.15) is 33.1 Å². The van der Waals surface area contributed by atoms with Gasteiger partial charge < -0.3 is 44.5 Å². The molecule has 147 heavy (non-hydrogen) atoms. The van der Waals surface area contributed by atoms with E-state index in [1.54, 1.807) is 0 Å². The quantitative estimate of drug-likeness (QED) is 0.0997. The summed E-state index contributed by atoms with van der Waals surface area (Å²) in [5, 5.41) is 3.58. The van der Waals surface area contributed by atoms with Crippen molar-refractivity contribution in [1.82, 2.24) is 146 Å². The number of piperazine rings is 2. The van der Waals surface area contributed by atoms with Gasteiger partial charge in [0.15, 0.2) is 85.2 Å². The van der Waals surface area contributed by atoms with Crippen LogP contribution in [0, 0.1) is 13.8 Å². The molecule has 6 aromatic carbocycles. The average Bonchev–Trinajstić information content (AvgIpc) is 1.61. The van der Waals surface area contributed by atoms with Gasteiger partial charge in [-0.05, 0) is 313 Å². The van der Waals surface area contributed by atoms with Gasteiger partial charge in [-0.25, -0.2) is 89.7 Å². The van der Waals surface area contributed by atoms with Crippen LogP contribution < -0.4 is 20.0 Å². The molecule has 4 aliphatic rings. The lowest BCUT2D eigenvalue weighted by atomic mass is 10.1. The van der Waals surface area contributed by atoms with Gasteiger partial charge in [0.05, 0.1) is 83.3 Å². The number of aromatic nitrogens is 24. The SMILES string of the molecule is CN(C)CCCc1nc2cccnc2n2c1nc1ccccc12.CN1CCCN(c2nc3cccnc3n3c2nc2ccccc23)CC1.CN1CCN(c2nc3cccnc3n3c2nc2ccccc23)CC1.C[C@@H]1CN(c2nc3cccnc3n3c2nc2ccccc23)C[C@H](C)N1.Cc1ccc2nc(CCCN(C)C)c3nc4ccccc4n3c2n1.Cc1ccc2nc(CCCN3CCCC3)c3nc4ccccc4n3c2n1. The number of hydrogen-bond donors (Lipinski definition) is 1. The van der Waals surface area contributed by atoms with Gasteiger partial charge in [0.2, 0.25) is 0 Å². The van der Waals surface area contributed by atoms with Gasteiger partial charge in [0.25, 0.3) is 0 Å². The molecule has 0 aliphatic carbocycles. The summed E-state index contributed by atoms with van der Waals surface area (Å²) in [6.45, 7) is 24.2. The summed E-state index contributed by atoms with van der Waals surface area (Å²) in [6, 6.07) is 74.2. The number of aryl methyl sites for hydroxylation is 5. The van der Waals surface area contributed by atoms with E-state index in [1.807, 2.05) is 190 Å². The summed E-state index contributed by atoms with van der Waals surface area (Å²) < 4.78 is 12.9. The fourth-order valence-corrected chi connectivity index (χ4v) is 21.2. The van der Waals surface area contributed by atoms with Crippen LogP contribution in [0.1, 0.15) is 80.8 Å². The highest BCUT2D eigenvalue weighted by atomic mass is 15.3. The number of para-hydroxylation sites is 12. The predicted octanol–water partition coefficient (Wildman–Crippen LogP) is 17.3. The molecule has 2 atom stereocenters. The highest BCUT2D eigenvalue weighted by Crippen LogP contribution is 2.36. The first kappa shape index (κ1) is 94.8. The standard InChI is InChI=1S/C21H23N5.2C19H20N6.C19H21N5.C18H18N6.C18H19N5/c1-15-10-11-18-20(22-15)26-19-9-3-2-7-16(19)24-21(26)17(23-18)8-6-14-25-12-4-5-13-25;1-12-10-24(11-13(2)21-12)18-19-22-14-6-3-4-8-16(14)25(19)17-15(23-18)7-5-9-20-17;1-23-10-5-11-24(13-12-23)18-19-21-14-6-2-3-8-16(14)25(19)17-15(22-18)7-4-9-20-17;1-13-10-11-16-18(20-13)24-17-9-5-4-7-14(17)22-19(24)15(21-16)8-6-12-23(2)3;1-22-9-11-23(12-10-22)17-18-20-13-5-2-3-7-15(13)24(18)16-14(21-17)6-4-8-19-16;1-22(2)12-6-9-15-18-21-13-7-3-4-10-16(13)23(18)17-14(20-15)8-5-11-19-17/h2-3,7,9-11H,4-6,8,12-14H2,1H3;3-9,12-13,21H,10-11H2,1-2H3;2-4,6-9H,5,10-13H2,1H3;4-5,7,9-11H,6,8,12H2,1-3H3;2-8H,9-12H2,1H3;3-5,7-8,10-11H,6,9,12H2,1-2H3/t;12-,13+;;;;. The fraction of sp³-hybridized carbons (Fsp3) is 0.316. The van der Waals surface area contributed by atoms with Crippen molar-refractivity contribution in [2.45, 2.75) is 97.6 Å². The Balaban J connectivity index is 0.0000000972. The summed E-state index contributed by atoms with van der Waals surface area (Å²) in [7, 11) is 12.7. The normalized spacial score (nSPS) is 15.8. The second-order valence-corrected chi connectivity index (χ2v) is 39.8. The van der Waals surface area contributed by atoms with Crippen molar-refractivity contribution in [3.05, 3.63) is 272 Å². The fourth-order valence-electron chi connectivity index (χ4n) is 21.2. The highest BCUT2D eigenvalue weighted by Gasteiger charge is 2.30. The Morgan fingerprint density at radius 2 is 0.558 bits per heavy atom. The summed E-state index contributed by atoms with van der Waals surface area (Å²) >= 11 is 0. The molecule has 24 aromatic rings. The molecule has 22 heterocycles. The molecule has 33 nitrogen and oxygen atoms in total. The number of nitrogens with zero attached hydrogens (tertiary/aromatic N) is 32. The van der Waals surface area contributed by atoms with Crippen molar-refractivity contribution in [3.63, 3.8) is 0 Å². The van der Waals surface area contributed by atoms with Crippen molar-refractivity contribution in [1.29, 1.82) is 0 Å². The van der Waals surface area contributed by atoms with Crippen LogP contribution in [0.3, 0.4) is 0 Å². The number of fused-ring (bicyclic) bond motifs is 30. The zero-order valence-electron chi connectivity index (χ0n) is 85.0. The number of nitrogens with one attached hydrogen (secondary N) is 1. The van der Waals surface area contributed by atoms with Crippen LogP contribution in [0.2, 0.25) is 0 Å². The van der Waals surface area contributed by atoms with Crippen molar-refractivity contribution < 1.29 is 0 Å². The zero-order chi connectivity index (χ0) is 99.9. The van der Waals surface area contributed by atoms with Crippen molar-refractivity contribution in [2.75, 3.05) is 155 Å². The molecule has 4 fully saturated rings. The zero-order valence-corrected chi connectivity index (χ0v) is 85.0. The molecule has 4 aliphatic heterocycles. The monoisotopic (exact) mass is 1950 g/mol. The Hall–Kier alpha value is -15.8. The number of hydrogen-bond acceptors (Lipinski definition) is 27. The lowest BCUT2D eigenvalue weighted by Gasteiger charge is -2.37. The van der Waals surface area contributed by atoms with E-state index >= 15 is 0 Å². The van der Waals surface area contributed by atoms with Crippen LogP contribution in [0.25, 0.3) is 167 Å². The third-order valence-electron chi connectivity index (χ3n) is 28.3. The first-order valence-corrected chi connectivity index (χ1v) is 51.5. The van der Waals surface area contributed by atoms with Crippen LogP contribution in [0.15, 0.2) is 243 Å². The molecular weight excluding hydrogens is 1830 g/mol. The van der Waals surface area contributed by atoms with E-state index in [2.05, 4.69) is 214 Å². The van der Waals surface area contributed by atoms with Gasteiger partial charge >= 0.3 is 0 Å². The number of rotatable bonds is 15. The van der Waals surface area contributed by atoms with E-state index in [-0.39, 0.29) is 0 Å². The van der Waals surface area contributed by atoms with Crippen molar-refractivity contribution >= 4 is 185 Å². The third kappa shape index (κ3) is 19.2. The van der Waals surface area contributed by atoms with Crippen LogP contribution in [0.4, 0.5) is 17.5 Å². The van der Waals surface area contributed by atoms with Crippen molar-refractivity contribution in [2.24, 2.45) is 0 Å². The van der Waals surface area contributed by atoms with E-state index in [9.17, 15) is 0 Å². The van der Waals surface area contributed by atoms with E-state index < -0.39 is 0 Å². The molecule has 0 spiro atoms. The second-order valence-electron chi connectivity index (χ2n) is 39.8. The Kier molecular flexibility index (Phi) is 26.7. The van der Waals surface area contributed by atoms with E-state index in [0.717, 1.165) is 343 Å².